The molecule has 0 bridgehead atoms. The summed E-state index contributed by atoms with van der Waals surface area (Å²) in [5, 5.41) is 9.02. The van der Waals surface area contributed by atoms with Crippen molar-refractivity contribution in [1.82, 2.24) is 4.90 Å². The van der Waals surface area contributed by atoms with Crippen molar-refractivity contribution < 1.29 is 14.2 Å². The van der Waals surface area contributed by atoms with Crippen molar-refractivity contribution in [1.29, 1.82) is 0 Å². The second-order valence-corrected chi connectivity index (χ2v) is 4.26. The fraction of sp³-hybridized carbons (Fsp3) is 0.500. The summed E-state index contributed by atoms with van der Waals surface area (Å²) in [7, 11) is 0. The molecule has 1 aliphatic heterocycles. The first kappa shape index (κ1) is 12.3. The molecular formula is C12H17FN2O2. The molecule has 0 amide bonds. The summed E-state index contributed by atoms with van der Waals surface area (Å²) in [6.07, 6.45) is -0.166. The van der Waals surface area contributed by atoms with E-state index < -0.39 is 0 Å². The number of hydrogen-bond acceptors (Lipinski definition) is 4. The third-order valence-corrected chi connectivity index (χ3v) is 2.90. The van der Waals surface area contributed by atoms with Crippen LogP contribution in [0.25, 0.3) is 0 Å². The van der Waals surface area contributed by atoms with Crippen molar-refractivity contribution in [2.45, 2.75) is 12.6 Å². The third kappa shape index (κ3) is 3.15. The summed E-state index contributed by atoms with van der Waals surface area (Å²) < 4.78 is 18.9. The second kappa shape index (κ2) is 5.44. The number of halogens is 1. The van der Waals surface area contributed by atoms with Gasteiger partial charge in [-0.1, -0.05) is 6.07 Å². The number of nitrogens with zero attached hydrogens (tertiary/aromatic N) is 1. The van der Waals surface area contributed by atoms with Crippen molar-refractivity contribution in [3.05, 3.63) is 29.6 Å². The second-order valence-electron chi connectivity index (χ2n) is 4.26. The molecule has 5 heteroatoms. The Labute approximate surface area is 99.8 Å². The molecule has 1 aliphatic rings. The Morgan fingerprint density at radius 1 is 1.53 bits per heavy atom. The van der Waals surface area contributed by atoms with Crippen LogP contribution in [0.5, 0.6) is 0 Å². The average molecular weight is 240 g/mol. The molecule has 3 N–H and O–H groups in total. The maximum Gasteiger partial charge on any atom is 0.129 e. The predicted octanol–water partition coefficient (Wildman–Crippen LogP) is 0.601. The molecule has 1 fully saturated rings. The van der Waals surface area contributed by atoms with Gasteiger partial charge < -0.3 is 15.6 Å². The van der Waals surface area contributed by atoms with Crippen LogP contribution >= 0.6 is 0 Å². The van der Waals surface area contributed by atoms with Gasteiger partial charge in [0.15, 0.2) is 0 Å². The first-order valence-electron chi connectivity index (χ1n) is 5.68. The Hall–Kier alpha value is -1.17. The van der Waals surface area contributed by atoms with Crippen molar-refractivity contribution >= 4 is 5.69 Å². The molecule has 17 heavy (non-hydrogen) atoms. The van der Waals surface area contributed by atoms with Crippen LogP contribution in [0.15, 0.2) is 18.2 Å². The standard InChI is InChI=1S/C12H17FN2O2/c13-12-5-10(14)2-1-9(12)6-15-3-4-17-11(7-15)8-16/h1-2,5,11,16H,3-4,6-8,14H2. The zero-order valence-corrected chi connectivity index (χ0v) is 9.60. The number of aliphatic hydroxyl groups excluding tert-OH is 1. The van der Waals surface area contributed by atoms with Crippen LogP contribution in [-0.4, -0.2) is 42.4 Å². The topological polar surface area (TPSA) is 58.7 Å². The van der Waals surface area contributed by atoms with Crippen LogP contribution in [0.3, 0.4) is 0 Å². The Balaban J connectivity index is 2.00. The Bertz CT molecular complexity index is 387. The minimum Gasteiger partial charge on any atom is -0.399 e. The molecular weight excluding hydrogens is 223 g/mol. The molecule has 1 atom stereocenters. The van der Waals surface area contributed by atoms with E-state index in [0.29, 0.717) is 30.9 Å². The number of hydrogen-bond donors (Lipinski definition) is 2. The monoisotopic (exact) mass is 240 g/mol. The Morgan fingerprint density at radius 3 is 3.06 bits per heavy atom. The zero-order chi connectivity index (χ0) is 12.3. The summed E-state index contributed by atoms with van der Waals surface area (Å²) in [4.78, 5) is 2.07. The van der Waals surface area contributed by atoms with Gasteiger partial charge in [-0.05, 0) is 12.1 Å². The SMILES string of the molecule is Nc1ccc(CN2CCOC(CO)C2)c(F)c1. The summed E-state index contributed by atoms with van der Waals surface area (Å²) in [6, 6.07) is 4.73. The maximum absolute atomic E-state index is 13.6. The van der Waals surface area contributed by atoms with Gasteiger partial charge in [0, 0.05) is 30.9 Å². The van der Waals surface area contributed by atoms with E-state index in [4.69, 9.17) is 15.6 Å². The molecule has 0 spiro atoms. The van der Waals surface area contributed by atoms with E-state index in [1.807, 2.05) is 0 Å². The summed E-state index contributed by atoms with van der Waals surface area (Å²) >= 11 is 0. The van der Waals surface area contributed by atoms with E-state index in [9.17, 15) is 4.39 Å². The number of nitrogen functional groups attached to an aromatic ring is 1. The van der Waals surface area contributed by atoms with Crippen LogP contribution in [0.1, 0.15) is 5.56 Å². The van der Waals surface area contributed by atoms with Gasteiger partial charge >= 0.3 is 0 Å². The minimum absolute atomic E-state index is 0.000714. The first-order chi connectivity index (χ1) is 8.19. The maximum atomic E-state index is 13.6. The molecule has 0 radical (unpaired) electrons. The largest absolute Gasteiger partial charge is 0.399 e. The highest BCUT2D eigenvalue weighted by Gasteiger charge is 2.20. The summed E-state index contributed by atoms with van der Waals surface area (Å²) in [6.45, 7) is 2.47. The van der Waals surface area contributed by atoms with E-state index >= 15 is 0 Å². The quantitative estimate of drug-likeness (QED) is 0.760. The fourth-order valence-corrected chi connectivity index (χ4v) is 1.97. The highest BCUT2D eigenvalue weighted by Crippen LogP contribution is 2.15. The van der Waals surface area contributed by atoms with Crippen molar-refractivity contribution in [2.24, 2.45) is 0 Å². The lowest BCUT2D eigenvalue weighted by Gasteiger charge is -2.32. The van der Waals surface area contributed by atoms with Gasteiger partial charge in [-0.25, -0.2) is 4.39 Å². The van der Waals surface area contributed by atoms with Gasteiger partial charge in [-0.15, -0.1) is 0 Å². The van der Waals surface area contributed by atoms with Gasteiger partial charge in [0.1, 0.15) is 5.82 Å². The molecule has 0 aromatic heterocycles. The van der Waals surface area contributed by atoms with E-state index in [2.05, 4.69) is 4.90 Å². The van der Waals surface area contributed by atoms with Crippen molar-refractivity contribution in [3.8, 4) is 0 Å². The van der Waals surface area contributed by atoms with E-state index in [1.54, 1.807) is 12.1 Å². The van der Waals surface area contributed by atoms with Gasteiger partial charge in [-0.3, -0.25) is 4.90 Å². The molecule has 1 aromatic carbocycles. The lowest BCUT2D eigenvalue weighted by Crippen LogP contribution is -2.43. The average Bonchev–Trinajstić information content (AvgIpc) is 2.33. The smallest absolute Gasteiger partial charge is 0.129 e. The Kier molecular flexibility index (Phi) is 3.93. The molecule has 1 heterocycles. The highest BCUT2D eigenvalue weighted by atomic mass is 19.1. The van der Waals surface area contributed by atoms with E-state index in [1.165, 1.54) is 6.07 Å². The molecule has 0 aliphatic carbocycles. The summed E-state index contributed by atoms with van der Waals surface area (Å²) in [5.41, 5.74) is 6.55. The van der Waals surface area contributed by atoms with Crippen LogP contribution < -0.4 is 5.73 Å². The Morgan fingerprint density at radius 2 is 2.35 bits per heavy atom. The zero-order valence-electron chi connectivity index (χ0n) is 9.60. The number of aliphatic hydroxyl groups is 1. The number of nitrogens with two attached hydrogens (primary N) is 1. The van der Waals surface area contributed by atoms with Gasteiger partial charge in [-0.2, -0.15) is 0 Å². The molecule has 1 unspecified atom stereocenters. The molecule has 1 aromatic rings. The number of morpholine rings is 1. The van der Waals surface area contributed by atoms with Crippen LogP contribution in [0, 0.1) is 5.82 Å². The molecule has 1 saturated heterocycles. The normalized spacial score (nSPS) is 21.6. The minimum atomic E-state index is -0.281. The lowest BCUT2D eigenvalue weighted by molar-refractivity contribution is -0.0553. The molecule has 4 nitrogen and oxygen atoms in total. The van der Waals surface area contributed by atoms with Crippen LogP contribution in [0.2, 0.25) is 0 Å². The van der Waals surface area contributed by atoms with Crippen LogP contribution in [-0.2, 0) is 11.3 Å². The van der Waals surface area contributed by atoms with E-state index in [-0.39, 0.29) is 18.5 Å². The predicted molar refractivity (Wildman–Crippen MR) is 62.9 cm³/mol. The summed E-state index contributed by atoms with van der Waals surface area (Å²) in [5.74, 6) is -0.281. The van der Waals surface area contributed by atoms with Gasteiger partial charge in [0.25, 0.3) is 0 Å². The van der Waals surface area contributed by atoms with Crippen molar-refractivity contribution in [3.63, 3.8) is 0 Å². The molecule has 94 valence electrons. The lowest BCUT2D eigenvalue weighted by atomic mass is 10.1. The van der Waals surface area contributed by atoms with Crippen molar-refractivity contribution in [2.75, 3.05) is 32.0 Å². The number of anilines is 1. The van der Waals surface area contributed by atoms with Gasteiger partial charge in [0.05, 0.1) is 19.3 Å². The first-order valence-corrected chi connectivity index (χ1v) is 5.68. The fourth-order valence-electron chi connectivity index (χ4n) is 1.97. The van der Waals surface area contributed by atoms with E-state index in [0.717, 1.165) is 6.54 Å². The third-order valence-electron chi connectivity index (χ3n) is 2.90. The number of ether oxygens (including phenoxy) is 1. The number of benzene rings is 1. The van der Waals surface area contributed by atoms with Crippen LogP contribution in [0.4, 0.5) is 10.1 Å². The highest BCUT2D eigenvalue weighted by molar-refractivity contribution is 5.40. The van der Waals surface area contributed by atoms with Gasteiger partial charge in [0.2, 0.25) is 0 Å². The molecule has 2 rings (SSSR count). The number of rotatable bonds is 3. The molecule has 0 saturated carbocycles.